The fourth-order valence-electron chi connectivity index (χ4n) is 2.86. The lowest BCUT2D eigenvalue weighted by Crippen LogP contribution is -2.29. The summed E-state index contributed by atoms with van der Waals surface area (Å²) >= 11 is 6.50. The van der Waals surface area contributed by atoms with Crippen LogP contribution < -0.4 is 4.74 Å². The summed E-state index contributed by atoms with van der Waals surface area (Å²) < 4.78 is 6.28. The zero-order chi connectivity index (χ0) is 20.8. The highest BCUT2D eigenvalue weighted by atomic mass is 32.2. The summed E-state index contributed by atoms with van der Waals surface area (Å²) in [4.78, 5) is 25.2. The summed E-state index contributed by atoms with van der Waals surface area (Å²) in [7, 11) is 0. The molecule has 0 bridgehead atoms. The number of ether oxygens (including phenoxy) is 1. The smallest absolute Gasteiger partial charge is 0.303 e. The highest BCUT2D eigenvalue weighted by Crippen LogP contribution is 2.33. The molecule has 2 aromatic rings. The number of hydrogen-bond acceptors (Lipinski definition) is 5. The van der Waals surface area contributed by atoms with Crippen LogP contribution in [0.25, 0.3) is 6.08 Å². The summed E-state index contributed by atoms with van der Waals surface area (Å²) in [5.41, 5.74) is 3.18. The molecule has 3 rings (SSSR count). The molecule has 0 unspecified atom stereocenters. The Labute approximate surface area is 179 Å². The Bertz CT molecular complexity index is 954. The van der Waals surface area contributed by atoms with Gasteiger partial charge in [-0.1, -0.05) is 65.9 Å². The Kier molecular flexibility index (Phi) is 7.06. The van der Waals surface area contributed by atoms with E-state index < -0.39 is 5.97 Å². The van der Waals surface area contributed by atoms with Gasteiger partial charge in [0.05, 0.1) is 4.91 Å². The van der Waals surface area contributed by atoms with Crippen molar-refractivity contribution in [2.24, 2.45) is 0 Å². The third-order valence-corrected chi connectivity index (χ3v) is 5.69. The van der Waals surface area contributed by atoms with Crippen LogP contribution in [-0.4, -0.2) is 32.7 Å². The van der Waals surface area contributed by atoms with Crippen molar-refractivity contribution in [3.8, 4) is 5.75 Å². The van der Waals surface area contributed by atoms with E-state index in [1.54, 1.807) is 6.08 Å². The number of nitrogens with zero attached hydrogens (tertiary/aromatic N) is 1. The fraction of sp³-hybridized carbons (Fsp3) is 0.227. The Hall–Kier alpha value is -2.64. The minimum atomic E-state index is -0.879. The van der Waals surface area contributed by atoms with Gasteiger partial charge in [-0.05, 0) is 42.7 Å². The maximum Gasteiger partial charge on any atom is 0.303 e. The maximum absolute atomic E-state index is 12.5. The van der Waals surface area contributed by atoms with Crippen LogP contribution in [0.1, 0.15) is 29.5 Å². The molecule has 1 saturated heterocycles. The molecular formula is C22H21NO4S2. The average molecular weight is 428 g/mol. The monoisotopic (exact) mass is 427 g/mol. The third-order valence-electron chi connectivity index (χ3n) is 4.31. The molecule has 2 aromatic carbocycles. The van der Waals surface area contributed by atoms with Crippen molar-refractivity contribution < 1.29 is 19.4 Å². The van der Waals surface area contributed by atoms with E-state index in [0.29, 0.717) is 28.8 Å². The van der Waals surface area contributed by atoms with Crippen molar-refractivity contribution >= 4 is 46.3 Å². The first-order valence-corrected chi connectivity index (χ1v) is 10.4. The molecule has 1 heterocycles. The quantitative estimate of drug-likeness (QED) is 0.489. The molecular weight excluding hydrogens is 406 g/mol. The number of hydrogen-bond donors (Lipinski definition) is 1. The third kappa shape index (κ3) is 5.92. The van der Waals surface area contributed by atoms with Gasteiger partial charge in [-0.15, -0.1) is 0 Å². The van der Waals surface area contributed by atoms with Crippen LogP contribution in [0.4, 0.5) is 0 Å². The number of carboxylic acids is 1. The highest BCUT2D eigenvalue weighted by molar-refractivity contribution is 8.26. The molecule has 0 radical (unpaired) electrons. The van der Waals surface area contributed by atoms with E-state index in [9.17, 15) is 9.59 Å². The van der Waals surface area contributed by atoms with Crippen LogP contribution in [0.3, 0.4) is 0 Å². The van der Waals surface area contributed by atoms with Gasteiger partial charge in [0.2, 0.25) is 0 Å². The Morgan fingerprint density at radius 2 is 2.00 bits per heavy atom. The molecule has 150 valence electrons. The molecule has 0 atom stereocenters. The van der Waals surface area contributed by atoms with Crippen molar-refractivity contribution in [3.63, 3.8) is 0 Å². The number of thiocarbonyl (C=S) groups is 1. The second-order valence-electron chi connectivity index (χ2n) is 6.68. The summed E-state index contributed by atoms with van der Waals surface area (Å²) in [5.74, 6) is -0.300. The number of aryl methyl sites for hydroxylation is 1. The van der Waals surface area contributed by atoms with Crippen LogP contribution in [0, 0.1) is 6.92 Å². The van der Waals surface area contributed by atoms with E-state index in [-0.39, 0.29) is 12.3 Å². The summed E-state index contributed by atoms with van der Waals surface area (Å²) in [5, 5.41) is 8.74. The number of benzene rings is 2. The topological polar surface area (TPSA) is 66.8 Å². The molecule has 1 aliphatic heterocycles. The van der Waals surface area contributed by atoms with Crippen LogP contribution in [-0.2, 0) is 16.2 Å². The lowest BCUT2D eigenvalue weighted by molar-refractivity contribution is -0.137. The molecule has 29 heavy (non-hydrogen) atoms. The van der Waals surface area contributed by atoms with Crippen molar-refractivity contribution in [1.82, 2.24) is 4.90 Å². The van der Waals surface area contributed by atoms with Gasteiger partial charge in [0.1, 0.15) is 16.7 Å². The predicted molar refractivity (Wildman–Crippen MR) is 119 cm³/mol. The van der Waals surface area contributed by atoms with E-state index in [0.717, 1.165) is 16.9 Å². The van der Waals surface area contributed by atoms with Gasteiger partial charge in [-0.3, -0.25) is 14.5 Å². The van der Waals surface area contributed by atoms with Gasteiger partial charge in [-0.2, -0.15) is 0 Å². The Morgan fingerprint density at radius 1 is 1.24 bits per heavy atom. The Balaban J connectivity index is 1.59. The molecule has 1 fully saturated rings. The van der Waals surface area contributed by atoms with Gasteiger partial charge in [0, 0.05) is 13.0 Å². The summed E-state index contributed by atoms with van der Waals surface area (Å²) in [6, 6.07) is 15.7. The van der Waals surface area contributed by atoms with Gasteiger partial charge in [0.25, 0.3) is 5.91 Å². The van der Waals surface area contributed by atoms with E-state index >= 15 is 0 Å². The number of rotatable bonds is 8. The molecule has 0 saturated carbocycles. The number of carboxylic acid groups (broad SMARTS) is 1. The second-order valence-corrected chi connectivity index (χ2v) is 8.35. The summed E-state index contributed by atoms with van der Waals surface area (Å²) in [6.07, 6.45) is 2.18. The molecule has 0 aromatic heterocycles. The van der Waals surface area contributed by atoms with Crippen molar-refractivity contribution in [2.75, 3.05) is 6.54 Å². The zero-order valence-corrected chi connectivity index (χ0v) is 17.6. The predicted octanol–water partition coefficient (Wildman–Crippen LogP) is 4.64. The molecule has 0 aliphatic carbocycles. The number of aliphatic carboxylic acids is 1. The highest BCUT2D eigenvalue weighted by Gasteiger charge is 2.31. The lowest BCUT2D eigenvalue weighted by atomic mass is 10.1. The van der Waals surface area contributed by atoms with E-state index in [2.05, 4.69) is 6.07 Å². The normalized spacial score (nSPS) is 15.2. The number of amides is 1. The van der Waals surface area contributed by atoms with E-state index in [1.807, 2.05) is 49.4 Å². The van der Waals surface area contributed by atoms with E-state index in [1.165, 1.54) is 22.2 Å². The van der Waals surface area contributed by atoms with Crippen LogP contribution in [0.2, 0.25) is 0 Å². The largest absolute Gasteiger partial charge is 0.489 e. The van der Waals surface area contributed by atoms with Crippen molar-refractivity contribution in [1.29, 1.82) is 0 Å². The van der Waals surface area contributed by atoms with E-state index in [4.69, 9.17) is 22.1 Å². The van der Waals surface area contributed by atoms with Crippen molar-refractivity contribution in [3.05, 3.63) is 70.1 Å². The average Bonchev–Trinajstić information content (AvgIpc) is 2.94. The van der Waals surface area contributed by atoms with Crippen LogP contribution in [0.15, 0.2) is 53.4 Å². The molecule has 1 amide bonds. The SMILES string of the molecule is Cc1cccc(COc2ccc(/C=C3/SC(=S)N(CCCC(=O)O)C3=O)cc2)c1. The van der Waals surface area contributed by atoms with Gasteiger partial charge in [0.15, 0.2) is 0 Å². The number of thioether (sulfide) groups is 1. The standard InChI is InChI=1S/C22H21NO4S2/c1-15-4-2-5-17(12-15)14-27-18-9-7-16(8-10-18)13-19-21(26)23(22(28)29-19)11-3-6-20(24)25/h2,4-5,7-10,12-13H,3,6,11,14H2,1H3,(H,24,25)/b19-13+. The lowest BCUT2D eigenvalue weighted by Gasteiger charge is -2.13. The second kappa shape index (κ2) is 9.71. The minimum absolute atomic E-state index is 0.0140. The van der Waals surface area contributed by atoms with Gasteiger partial charge >= 0.3 is 5.97 Å². The molecule has 1 N–H and O–H groups in total. The maximum atomic E-state index is 12.5. The first kappa shape index (κ1) is 21.1. The number of carbonyl (C=O) groups is 2. The fourth-order valence-corrected chi connectivity index (χ4v) is 4.17. The molecule has 7 heteroatoms. The molecule has 1 aliphatic rings. The Morgan fingerprint density at radius 3 is 2.69 bits per heavy atom. The van der Waals surface area contributed by atoms with Gasteiger partial charge < -0.3 is 9.84 Å². The first-order chi connectivity index (χ1) is 13.9. The van der Waals surface area contributed by atoms with Crippen LogP contribution in [0.5, 0.6) is 5.75 Å². The van der Waals surface area contributed by atoms with Crippen molar-refractivity contribution in [2.45, 2.75) is 26.4 Å². The summed E-state index contributed by atoms with van der Waals surface area (Å²) in [6.45, 7) is 2.86. The van der Waals surface area contributed by atoms with Gasteiger partial charge in [-0.25, -0.2) is 0 Å². The molecule has 5 nitrogen and oxygen atoms in total. The minimum Gasteiger partial charge on any atom is -0.489 e. The number of carbonyl (C=O) groups excluding carboxylic acids is 1. The van der Waals surface area contributed by atoms with Crippen LogP contribution >= 0.6 is 24.0 Å². The zero-order valence-electron chi connectivity index (χ0n) is 16.0. The first-order valence-electron chi connectivity index (χ1n) is 9.18. The molecule has 0 spiro atoms.